The molecule has 6 aliphatic rings. The third-order valence-corrected chi connectivity index (χ3v) is 10.7. The van der Waals surface area contributed by atoms with E-state index in [4.69, 9.17) is 5.10 Å². The van der Waals surface area contributed by atoms with Gasteiger partial charge in [-0.05, 0) is 73.8 Å². The van der Waals surface area contributed by atoms with E-state index < -0.39 is 0 Å². The van der Waals surface area contributed by atoms with Gasteiger partial charge in [-0.2, -0.15) is 5.10 Å². The van der Waals surface area contributed by atoms with E-state index in [0.29, 0.717) is 11.2 Å². The van der Waals surface area contributed by atoms with Crippen LogP contribution >= 0.6 is 0 Å². The fraction of sp³-hybridized carbons (Fsp3) is 0.515. The van der Waals surface area contributed by atoms with Gasteiger partial charge in [0.2, 0.25) is 0 Å². The lowest BCUT2D eigenvalue weighted by atomic mass is 9.52. The quantitative estimate of drug-likeness (QED) is 0.475. The first-order valence-electron chi connectivity index (χ1n) is 15.1. The zero-order valence-electron chi connectivity index (χ0n) is 22.7. The maximum atomic E-state index is 13.8. The first-order valence-corrected chi connectivity index (χ1v) is 15.1. The summed E-state index contributed by atoms with van der Waals surface area (Å²) in [6.07, 6.45) is 9.52. The lowest BCUT2D eigenvalue weighted by Crippen LogP contribution is -2.64. The molecule has 0 spiro atoms. The third kappa shape index (κ3) is 4.10. The summed E-state index contributed by atoms with van der Waals surface area (Å²) in [6, 6.07) is 23.4. The topological polar surface area (TPSA) is 53.4 Å². The molecule has 1 saturated heterocycles. The number of carbonyl (C=O) groups is 1. The van der Waals surface area contributed by atoms with Crippen molar-refractivity contribution in [3.8, 4) is 0 Å². The summed E-state index contributed by atoms with van der Waals surface area (Å²) < 4.78 is 2.05. The van der Waals surface area contributed by atoms with Crippen molar-refractivity contribution in [2.45, 2.75) is 62.6 Å². The molecule has 6 heteroatoms. The Morgan fingerprint density at radius 1 is 0.769 bits per heavy atom. The van der Waals surface area contributed by atoms with E-state index in [9.17, 15) is 4.79 Å². The smallest absolute Gasteiger partial charge is 0.274 e. The SMILES string of the molecule is O=C(c1cc2n(n1)[C@H](c1ccccc1)C[C@H](c1ccccc1)N2)N1CCN(C23CC4CC(CC(C4)C2)C3)CC1. The summed E-state index contributed by atoms with van der Waals surface area (Å²) in [5.74, 6) is 3.87. The molecular weight excluding hydrogens is 482 g/mol. The number of carbonyl (C=O) groups excluding carboxylic acids is 1. The molecule has 4 bridgehead atoms. The molecule has 2 aromatic carbocycles. The Morgan fingerprint density at radius 3 is 1.97 bits per heavy atom. The van der Waals surface area contributed by atoms with E-state index in [1.165, 1.54) is 49.7 Å². The monoisotopic (exact) mass is 521 g/mol. The van der Waals surface area contributed by atoms with Gasteiger partial charge in [-0.3, -0.25) is 9.69 Å². The van der Waals surface area contributed by atoms with Crippen LogP contribution < -0.4 is 5.32 Å². The van der Waals surface area contributed by atoms with Gasteiger partial charge in [-0.15, -0.1) is 0 Å². The average molecular weight is 522 g/mol. The normalized spacial score (nSPS) is 33.5. The minimum atomic E-state index is 0.0759. The van der Waals surface area contributed by atoms with Crippen LogP contribution in [0.1, 0.15) is 78.6 Å². The second-order valence-corrected chi connectivity index (χ2v) is 13.1. The highest BCUT2D eigenvalue weighted by molar-refractivity contribution is 5.93. The summed E-state index contributed by atoms with van der Waals surface area (Å²) in [5.41, 5.74) is 3.49. The van der Waals surface area contributed by atoms with E-state index in [2.05, 4.69) is 75.8 Å². The summed E-state index contributed by atoms with van der Waals surface area (Å²) in [5, 5.41) is 8.63. The van der Waals surface area contributed by atoms with Crippen molar-refractivity contribution in [2.75, 3.05) is 31.5 Å². The number of hydrogen-bond donors (Lipinski definition) is 1. The molecule has 4 saturated carbocycles. The van der Waals surface area contributed by atoms with Crippen LogP contribution in [0.2, 0.25) is 0 Å². The molecule has 1 N–H and O–H groups in total. The van der Waals surface area contributed by atoms with Crippen molar-refractivity contribution in [3.63, 3.8) is 0 Å². The van der Waals surface area contributed by atoms with E-state index in [0.717, 1.165) is 56.2 Å². The van der Waals surface area contributed by atoms with Crippen LogP contribution in [0, 0.1) is 17.8 Å². The van der Waals surface area contributed by atoms with Gasteiger partial charge >= 0.3 is 0 Å². The zero-order chi connectivity index (χ0) is 26.0. The molecule has 39 heavy (non-hydrogen) atoms. The maximum absolute atomic E-state index is 13.8. The fourth-order valence-corrected chi connectivity index (χ4v) is 9.26. The number of rotatable bonds is 4. The van der Waals surface area contributed by atoms with Gasteiger partial charge in [-0.25, -0.2) is 4.68 Å². The van der Waals surface area contributed by atoms with Gasteiger partial charge in [-0.1, -0.05) is 60.7 Å². The lowest BCUT2D eigenvalue weighted by Gasteiger charge is -2.61. The Balaban J connectivity index is 1.02. The van der Waals surface area contributed by atoms with E-state index in [1.54, 1.807) is 0 Å². The molecular formula is C33H39N5O. The summed E-state index contributed by atoms with van der Waals surface area (Å²) in [7, 11) is 0. The maximum Gasteiger partial charge on any atom is 0.274 e. The van der Waals surface area contributed by atoms with Crippen molar-refractivity contribution in [3.05, 3.63) is 83.6 Å². The van der Waals surface area contributed by atoms with Crippen molar-refractivity contribution in [1.82, 2.24) is 19.6 Å². The third-order valence-electron chi connectivity index (χ3n) is 10.7. The van der Waals surface area contributed by atoms with Gasteiger partial charge in [0.1, 0.15) is 5.82 Å². The molecule has 202 valence electrons. The van der Waals surface area contributed by atoms with Crippen LogP contribution in [0.4, 0.5) is 5.82 Å². The highest BCUT2D eigenvalue weighted by atomic mass is 16.2. The fourth-order valence-electron chi connectivity index (χ4n) is 9.26. The Labute approximate surface area is 231 Å². The molecule has 3 heterocycles. The molecule has 2 atom stereocenters. The van der Waals surface area contributed by atoms with Gasteiger partial charge in [0.15, 0.2) is 5.69 Å². The van der Waals surface area contributed by atoms with Crippen LogP contribution in [0.5, 0.6) is 0 Å². The number of nitrogens with one attached hydrogen (secondary N) is 1. The molecule has 0 unspecified atom stereocenters. The van der Waals surface area contributed by atoms with Crippen LogP contribution in [0.3, 0.4) is 0 Å². The lowest BCUT2D eigenvalue weighted by molar-refractivity contribution is -0.0987. The molecule has 3 aromatic rings. The molecule has 9 rings (SSSR count). The predicted octanol–water partition coefficient (Wildman–Crippen LogP) is 5.76. The van der Waals surface area contributed by atoms with Crippen molar-refractivity contribution in [1.29, 1.82) is 0 Å². The van der Waals surface area contributed by atoms with Crippen LogP contribution in [0.25, 0.3) is 0 Å². The Kier molecular flexibility index (Phi) is 5.62. The van der Waals surface area contributed by atoms with E-state index in [1.807, 2.05) is 10.7 Å². The Hall–Kier alpha value is -3.12. The molecule has 4 aliphatic carbocycles. The second-order valence-electron chi connectivity index (χ2n) is 13.1. The van der Waals surface area contributed by atoms with Crippen LogP contribution in [-0.2, 0) is 0 Å². The Bertz CT molecular complexity index is 1310. The predicted molar refractivity (Wildman–Crippen MR) is 153 cm³/mol. The molecule has 5 fully saturated rings. The number of anilines is 1. The van der Waals surface area contributed by atoms with Gasteiger partial charge < -0.3 is 10.2 Å². The van der Waals surface area contributed by atoms with Crippen molar-refractivity contribution in [2.24, 2.45) is 17.8 Å². The average Bonchev–Trinajstić information content (AvgIpc) is 3.41. The van der Waals surface area contributed by atoms with Gasteiger partial charge in [0, 0.05) is 37.8 Å². The minimum absolute atomic E-state index is 0.0759. The molecule has 0 radical (unpaired) electrons. The number of nitrogens with zero attached hydrogens (tertiary/aromatic N) is 4. The van der Waals surface area contributed by atoms with Gasteiger partial charge in [0.05, 0.1) is 12.1 Å². The molecule has 1 aromatic heterocycles. The highest BCUT2D eigenvalue weighted by Crippen LogP contribution is 2.57. The number of piperazine rings is 1. The summed E-state index contributed by atoms with van der Waals surface area (Å²) >= 11 is 0. The van der Waals surface area contributed by atoms with Gasteiger partial charge in [0.25, 0.3) is 5.91 Å². The number of amides is 1. The first kappa shape index (κ1) is 23.7. The van der Waals surface area contributed by atoms with Crippen molar-refractivity contribution >= 4 is 11.7 Å². The molecule has 2 aliphatic heterocycles. The first-order chi connectivity index (χ1) is 19.1. The highest BCUT2D eigenvalue weighted by Gasteiger charge is 2.53. The number of fused-ring (bicyclic) bond motifs is 1. The number of aromatic nitrogens is 2. The zero-order valence-corrected chi connectivity index (χ0v) is 22.7. The number of benzene rings is 2. The summed E-state index contributed by atoms with van der Waals surface area (Å²) in [6.45, 7) is 3.63. The Morgan fingerprint density at radius 2 is 1.36 bits per heavy atom. The summed E-state index contributed by atoms with van der Waals surface area (Å²) in [4.78, 5) is 18.6. The van der Waals surface area contributed by atoms with Crippen LogP contribution in [-0.4, -0.2) is 57.2 Å². The van der Waals surface area contributed by atoms with Crippen molar-refractivity contribution < 1.29 is 4.79 Å². The molecule has 6 nitrogen and oxygen atoms in total. The van der Waals surface area contributed by atoms with E-state index >= 15 is 0 Å². The second kappa shape index (κ2) is 9.22. The largest absolute Gasteiger partial charge is 0.363 e. The standard InChI is InChI=1S/C33H39N5O/c39-32(36-11-13-37(14-12-36)33-20-23-15-24(21-33)17-25(16-23)22-33)29-19-31-34-28(26-7-3-1-4-8-26)18-30(38(31)35-29)27-9-5-2-6-10-27/h1-10,19,23-25,28,30,34H,11-18,20-22H2/t23?,24?,25?,28-,30+,33?/m1/s1. The minimum Gasteiger partial charge on any atom is -0.363 e. The van der Waals surface area contributed by atoms with Crippen LogP contribution in [0.15, 0.2) is 66.7 Å². The number of hydrogen-bond acceptors (Lipinski definition) is 4. The molecule has 1 amide bonds. The van der Waals surface area contributed by atoms with E-state index in [-0.39, 0.29) is 18.0 Å².